The maximum atomic E-state index is 14.3. The fourth-order valence-electron chi connectivity index (χ4n) is 5.54. The summed E-state index contributed by atoms with van der Waals surface area (Å²) in [6, 6.07) is 5.77. The second-order valence-corrected chi connectivity index (χ2v) is 14.0. The Kier molecular flexibility index (Phi) is 8.11. The maximum absolute atomic E-state index is 14.3. The highest BCUT2D eigenvalue weighted by molar-refractivity contribution is 7.98. The van der Waals surface area contributed by atoms with Crippen molar-refractivity contribution in [1.82, 2.24) is 14.6 Å². The summed E-state index contributed by atoms with van der Waals surface area (Å²) in [7, 11) is -3.43. The second-order valence-electron chi connectivity index (χ2n) is 12.0. The topological polar surface area (TPSA) is 63.1 Å². The number of hydrogen-bond donors (Lipinski definition) is 2. The zero-order valence-corrected chi connectivity index (χ0v) is 23.7. The predicted molar refractivity (Wildman–Crippen MR) is 148 cm³/mol. The summed E-state index contributed by atoms with van der Waals surface area (Å²) in [5.74, 6) is 3.87. The van der Waals surface area contributed by atoms with Crippen LogP contribution in [-0.2, 0) is 22.4 Å². The summed E-state index contributed by atoms with van der Waals surface area (Å²) < 4.78 is 61.1. The van der Waals surface area contributed by atoms with Gasteiger partial charge in [0, 0.05) is 29.5 Å². The van der Waals surface area contributed by atoms with Crippen LogP contribution < -0.4 is 10.0 Å². The molecule has 2 aliphatic rings. The fourth-order valence-corrected chi connectivity index (χ4v) is 7.46. The molecule has 0 aliphatic heterocycles. The number of carbonyl (C=O) groups excluding carboxylic acids is 1. The number of rotatable bonds is 7. The van der Waals surface area contributed by atoms with Gasteiger partial charge >= 0.3 is 6.18 Å². The third-order valence-corrected chi connectivity index (χ3v) is 9.63. The molecule has 2 fully saturated rings. The molecule has 5 nitrogen and oxygen atoms in total. The molecule has 2 saturated carbocycles. The Hall–Kier alpha value is -2.26. The quantitative estimate of drug-likeness (QED) is 0.375. The van der Waals surface area contributed by atoms with Gasteiger partial charge in [-0.25, -0.2) is 8.93 Å². The van der Waals surface area contributed by atoms with Crippen LogP contribution in [0.25, 0.3) is 11.3 Å². The van der Waals surface area contributed by atoms with Crippen LogP contribution in [0.15, 0.2) is 29.2 Å². The fraction of sp³-hybridized carbons (Fsp3) is 0.586. The number of halogens is 3. The normalized spacial score (nSPS) is 19.1. The number of carbonyl (C=O) groups is 1. The summed E-state index contributed by atoms with van der Waals surface area (Å²) in [6.07, 6.45) is 3.86. The van der Waals surface area contributed by atoms with Gasteiger partial charge in [0.1, 0.15) is 0 Å². The smallest absolute Gasteiger partial charge is 0.349 e. The van der Waals surface area contributed by atoms with Gasteiger partial charge in [-0.1, -0.05) is 25.3 Å². The first-order valence-corrected chi connectivity index (χ1v) is 15.3. The second kappa shape index (κ2) is 10.7. The van der Waals surface area contributed by atoms with Crippen LogP contribution in [-0.4, -0.2) is 32.1 Å². The van der Waals surface area contributed by atoms with Crippen LogP contribution in [0.3, 0.4) is 0 Å². The lowest BCUT2D eigenvalue weighted by Crippen LogP contribution is -2.41. The number of nitrogens with zero attached hydrogens (tertiary/aromatic N) is 1. The molecule has 1 aromatic heterocycles. The first kappa shape index (κ1) is 28.7. The van der Waals surface area contributed by atoms with E-state index >= 15 is 0 Å². The van der Waals surface area contributed by atoms with Crippen molar-refractivity contribution >= 4 is 21.5 Å². The van der Waals surface area contributed by atoms with Crippen molar-refractivity contribution in [3.05, 3.63) is 41.1 Å². The largest absolute Gasteiger partial charge is 0.417 e. The Bertz CT molecular complexity index is 1280. The highest BCUT2D eigenvalue weighted by atomic mass is 32.2. The standard InChI is InChI=1S/C29H40F3N3O2S/c1-19-23(27(36)33-22-12-9-13-22)17-25(35(19)18-20-10-7-6-8-11-20)21-14-15-26(24(16-21)29(30,31)32)38(5,37)34-28(2,3)4/h14-17,20,22H,5-13,18H2,1-4H3,(H,33,36)(H,34,37). The number of alkyl halides is 3. The molecule has 0 radical (unpaired) electrons. The molecule has 1 aromatic carbocycles. The number of amides is 1. The highest BCUT2D eigenvalue weighted by Crippen LogP contribution is 2.39. The molecular formula is C29H40F3N3O2S. The van der Waals surface area contributed by atoms with Crippen molar-refractivity contribution in [2.24, 2.45) is 5.92 Å². The maximum Gasteiger partial charge on any atom is 0.417 e. The van der Waals surface area contributed by atoms with Crippen LogP contribution in [0.1, 0.15) is 93.8 Å². The van der Waals surface area contributed by atoms with Crippen molar-refractivity contribution in [3.8, 4) is 11.3 Å². The SMILES string of the molecule is C=S(=O)(NC(C)(C)C)c1ccc(-c2cc(C(=O)NC3CCC3)c(C)n2CC2CCCCC2)cc1C(F)(F)F. The van der Waals surface area contributed by atoms with Gasteiger partial charge in [0.05, 0.1) is 25.7 Å². The minimum atomic E-state index is -4.73. The third kappa shape index (κ3) is 6.47. The van der Waals surface area contributed by atoms with E-state index in [1.807, 2.05) is 11.5 Å². The Labute approximate surface area is 224 Å². The molecule has 1 amide bonds. The summed E-state index contributed by atoms with van der Waals surface area (Å²) in [6.45, 7) is 7.72. The lowest BCUT2D eigenvalue weighted by molar-refractivity contribution is -0.139. The lowest BCUT2D eigenvalue weighted by Gasteiger charge is -2.27. The Morgan fingerprint density at radius 3 is 2.26 bits per heavy atom. The monoisotopic (exact) mass is 551 g/mol. The van der Waals surface area contributed by atoms with Gasteiger partial charge in [0.25, 0.3) is 5.91 Å². The average Bonchev–Trinajstić information content (AvgIpc) is 3.10. The molecule has 0 spiro atoms. The van der Waals surface area contributed by atoms with E-state index in [0.717, 1.165) is 56.7 Å². The average molecular weight is 552 g/mol. The molecule has 210 valence electrons. The van der Waals surface area contributed by atoms with E-state index in [1.54, 1.807) is 32.9 Å². The van der Waals surface area contributed by atoms with Crippen LogP contribution in [0.4, 0.5) is 13.2 Å². The van der Waals surface area contributed by atoms with Gasteiger partial charge < -0.3 is 9.88 Å². The predicted octanol–water partition coefficient (Wildman–Crippen LogP) is 6.72. The van der Waals surface area contributed by atoms with Gasteiger partial charge in [-0.15, -0.1) is 0 Å². The van der Waals surface area contributed by atoms with E-state index in [-0.39, 0.29) is 16.8 Å². The zero-order chi connectivity index (χ0) is 27.9. The molecule has 2 N–H and O–H groups in total. The molecule has 1 unspecified atom stereocenters. The molecule has 1 atom stereocenters. The van der Waals surface area contributed by atoms with Crippen molar-refractivity contribution in [3.63, 3.8) is 0 Å². The van der Waals surface area contributed by atoms with Crippen LogP contribution in [0.5, 0.6) is 0 Å². The molecule has 2 aromatic rings. The number of benzene rings is 1. The van der Waals surface area contributed by atoms with E-state index < -0.39 is 27.0 Å². The Morgan fingerprint density at radius 1 is 1.05 bits per heavy atom. The molecule has 2 aliphatic carbocycles. The van der Waals surface area contributed by atoms with Crippen molar-refractivity contribution < 1.29 is 22.2 Å². The molecule has 4 rings (SSSR count). The molecule has 0 bridgehead atoms. The van der Waals surface area contributed by atoms with Gasteiger partial charge in [-0.3, -0.25) is 4.79 Å². The van der Waals surface area contributed by atoms with Gasteiger partial charge in [-0.2, -0.15) is 13.2 Å². The summed E-state index contributed by atoms with van der Waals surface area (Å²) in [5.41, 5.74) is 0.493. The number of nitrogens with one attached hydrogen (secondary N) is 2. The minimum Gasteiger partial charge on any atom is -0.349 e. The lowest BCUT2D eigenvalue weighted by atomic mass is 9.89. The minimum absolute atomic E-state index is 0.156. The van der Waals surface area contributed by atoms with Crippen molar-refractivity contribution in [1.29, 1.82) is 0 Å². The molecule has 9 heteroatoms. The van der Waals surface area contributed by atoms with Crippen LogP contribution in [0.2, 0.25) is 0 Å². The summed E-state index contributed by atoms with van der Waals surface area (Å²) in [5, 5.41) is 3.07. The molecule has 0 saturated heterocycles. The van der Waals surface area contributed by atoms with E-state index in [2.05, 4.69) is 15.9 Å². The Morgan fingerprint density at radius 2 is 1.71 bits per heavy atom. The number of hydrogen-bond acceptors (Lipinski definition) is 2. The molecular weight excluding hydrogens is 511 g/mol. The third-order valence-electron chi connectivity index (χ3n) is 7.62. The molecule has 1 heterocycles. The molecule has 38 heavy (non-hydrogen) atoms. The first-order chi connectivity index (χ1) is 17.7. The summed E-state index contributed by atoms with van der Waals surface area (Å²) >= 11 is 0. The van der Waals surface area contributed by atoms with Crippen molar-refractivity contribution in [2.45, 2.75) is 108 Å². The highest BCUT2D eigenvalue weighted by Gasteiger charge is 2.37. The van der Waals surface area contributed by atoms with Crippen LogP contribution in [0, 0.1) is 12.8 Å². The van der Waals surface area contributed by atoms with Gasteiger partial charge in [0.15, 0.2) is 0 Å². The van der Waals surface area contributed by atoms with E-state index in [0.29, 0.717) is 29.3 Å². The zero-order valence-electron chi connectivity index (χ0n) is 22.8. The number of aromatic nitrogens is 1. The van der Waals surface area contributed by atoms with Gasteiger partial charge in [-0.05, 0) is 95.3 Å². The first-order valence-electron chi connectivity index (χ1n) is 13.5. The van der Waals surface area contributed by atoms with E-state index in [4.69, 9.17) is 0 Å². The van der Waals surface area contributed by atoms with Crippen molar-refractivity contribution in [2.75, 3.05) is 0 Å². The Balaban J connectivity index is 1.80. The van der Waals surface area contributed by atoms with E-state index in [9.17, 15) is 22.2 Å². The van der Waals surface area contributed by atoms with Crippen LogP contribution >= 0.6 is 0 Å². The van der Waals surface area contributed by atoms with Gasteiger partial charge in [0.2, 0.25) is 0 Å². The summed E-state index contributed by atoms with van der Waals surface area (Å²) in [4.78, 5) is 12.8. The van der Waals surface area contributed by atoms with E-state index in [1.165, 1.54) is 12.5 Å².